The molecule has 2 aromatic carbocycles. The van der Waals surface area contributed by atoms with Crippen molar-refractivity contribution < 1.29 is 29.1 Å². The molecule has 1 heterocycles. The molecule has 0 spiro atoms. The zero-order valence-electron chi connectivity index (χ0n) is 29.3. The van der Waals surface area contributed by atoms with Crippen molar-refractivity contribution in [3.8, 4) is 0 Å². The van der Waals surface area contributed by atoms with Crippen LogP contribution in [0.3, 0.4) is 0 Å². The molecule has 0 unspecified atom stereocenters. The van der Waals surface area contributed by atoms with E-state index in [-0.39, 0.29) is 48.6 Å². The van der Waals surface area contributed by atoms with Crippen molar-refractivity contribution in [3.63, 3.8) is 0 Å². The van der Waals surface area contributed by atoms with E-state index in [0.29, 0.717) is 58.0 Å². The molecular formula is C38H54N6O6. The van der Waals surface area contributed by atoms with E-state index in [4.69, 9.17) is 17.2 Å². The smallest absolute Gasteiger partial charge is 0.326 e. The molecule has 50 heavy (non-hydrogen) atoms. The van der Waals surface area contributed by atoms with Gasteiger partial charge in [0.1, 0.15) is 6.04 Å². The number of rotatable bonds is 21. The standard InChI is InChI=1S/C38H54N6O6/c1-25(2)20-31(34(46)23-28(16-9-10-18-42-38(40)41)36(48)44-19-11-17-32(44)37(49)50)43-35(47)29(21-26-12-5-3-6-13-26)24-33(45)30(39)22-27-14-7-4-8-15-27/h3-8,12-15,25,28-32H,9-11,16-24,39H2,1-2H3,(H,43,47)(H,49,50)(H4,40,41,42)/t28-,29-,30+,31+,32-/m0/s1. The van der Waals surface area contributed by atoms with Crippen molar-refractivity contribution in [2.75, 3.05) is 13.1 Å². The number of carbonyl (C=O) groups excluding carboxylic acids is 4. The first-order chi connectivity index (χ1) is 23.8. The molecule has 0 aromatic heterocycles. The molecule has 272 valence electrons. The first-order valence-corrected chi connectivity index (χ1v) is 17.6. The maximum Gasteiger partial charge on any atom is 0.326 e. The van der Waals surface area contributed by atoms with Gasteiger partial charge in [-0.15, -0.1) is 0 Å². The number of unbranched alkanes of at least 4 members (excludes halogenated alkanes) is 1. The Labute approximate surface area is 295 Å². The number of aliphatic carboxylic acids is 1. The number of amides is 2. The summed E-state index contributed by atoms with van der Waals surface area (Å²) in [5.41, 5.74) is 19.0. The second-order valence-electron chi connectivity index (χ2n) is 13.7. The Balaban J connectivity index is 1.80. The minimum absolute atomic E-state index is 0.0291. The summed E-state index contributed by atoms with van der Waals surface area (Å²) in [4.78, 5) is 72.4. The molecule has 1 saturated heterocycles. The Morgan fingerprint density at radius 3 is 2.06 bits per heavy atom. The highest BCUT2D eigenvalue weighted by Gasteiger charge is 2.38. The zero-order valence-corrected chi connectivity index (χ0v) is 29.3. The molecule has 12 nitrogen and oxygen atoms in total. The van der Waals surface area contributed by atoms with Gasteiger partial charge in [-0.3, -0.25) is 24.2 Å². The van der Waals surface area contributed by atoms with Gasteiger partial charge in [-0.1, -0.05) is 80.9 Å². The molecule has 1 fully saturated rings. The highest BCUT2D eigenvalue weighted by atomic mass is 16.4. The number of nitrogens with one attached hydrogen (secondary N) is 1. The van der Waals surface area contributed by atoms with Gasteiger partial charge in [0.25, 0.3) is 0 Å². The highest BCUT2D eigenvalue weighted by Crippen LogP contribution is 2.26. The average Bonchev–Trinajstić information content (AvgIpc) is 3.58. The van der Waals surface area contributed by atoms with E-state index in [2.05, 4.69) is 10.3 Å². The summed E-state index contributed by atoms with van der Waals surface area (Å²) in [5, 5.41) is 12.7. The van der Waals surface area contributed by atoms with Gasteiger partial charge >= 0.3 is 5.97 Å². The second kappa shape index (κ2) is 20.2. The van der Waals surface area contributed by atoms with Crippen molar-refractivity contribution in [1.82, 2.24) is 10.2 Å². The largest absolute Gasteiger partial charge is 0.480 e. The van der Waals surface area contributed by atoms with E-state index >= 15 is 0 Å². The number of Topliss-reactive ketones (excluding diaryl/α,β-unsaturated/α-hetero) is 2. The topological polar surface area (TPSA) is 211 Å². The molecule has 2 amide bonds. The molecule has 3 rings (SSSR count). The van der Waals surface area contributed by atoms with Crippen molar-refractivity contribution in [2.24, 2.45) is 39.9 Å². The summed E-state index contributed by atoms with van der Waals surface area (Å²) in [5.74, 6) is -3.99. The van der Waals surface area contributed by atoms with Crippen molar-refractivity contribution in [2.45, 2.75) is 96.2 Å². The van der Waals surface area contributed by atoms with Crippen LogP contribution in [0.2, 0.25) is 0 Å². The van der Waals surface area contributed by atoms with Crippen LogP contribution in [-0.2, 0) is 36.8 Å². The van der Waals surface area contributed by atoms with E-state index in [1.165, 1.54) is 4.90 Å². The number of likely N-dealkylation sites (tertiary alicyclic amines) is 1. The number of nitrogens with zero attached hydrogens (tertiary/aromatic N) is 2. The molecule has 0 radical (unpaired) electrons. The minimum Gasteiger partial charge on any atom is -0.480 e. The fourth-order valence-corrected chi connectivity index (χ4v) is 6.49. The molecule has 5 atom stereocenters. The number of benzene rings is 2. The van der Waals surface area contributed by atoms with Crippen LogP contribution in [0.15, 0.2) is 65.7 Å². The molecular weight excluding hydrogens is 636 g/mol. The Morgan fingerprint density at radius 1 is 0.880 bits per heavy atom. The third-order valence-electron chi connectivity index (χ3n) is 9.14. The molecule has 0 aliphatic carbocycles. The van der Waals surface area contributed by atoms with E-state index in [0.717, 1.165) is 11.1 Å². The van der Waals surface area contributed by atoms with E-state index in [1.807, 2.05) is 74.5 Å². The van der Waals surface area contributed by atoms with E-state index in [1.54, 1.807) is 0 Å². The van der Waals surface area contributed by atoms with Crippen molar-refractivity contribution in [3.05, 3.63) is 71.8 Å². The molecule has 8 N–H and O–H groups in total. The van der Waals surface area contributed by atoms with Crippen LogP contribution in [0, 0.1) is 17.8 Å². The summed E-state index contributed by atoms with van der Waals surface area (Å²) in [6.45, 7) is 4.55. The SMILES string of the molecule is CC(C)C[C@@H](NC(=O)[C@H](CC(=O)[C@H](N)Cc1ccccc1)Cc1ccccc1)C(=O)C[C@H](CCCCN=C(N)N)C(=O)N1CCC[C@H]1C(=O)O. The summed E-state index contributed by atoms with van der Waals surface area (Å²) < 4.78 is 0. The quantitative estimate of drug-likeness (QED) is 0.0739. The molecule has 12 heteroatoms. The highest BCUT2D eigenvalue weighted by molar-refractivity contribution is 5.95. The van der Waals surface area contributed by atoms with Gasteiger partial charge in [0.15, 0.2) is 17.5 Å². The van der Waals surface area contributed by atoms with Crippen LogP contribution in [-0.4, -0.2) is 76.5 Å². The van der Waals surface area contributed by atoms with Gasteiger partial charge in [0.2, 0.25) is 11.8 Å². The summed E-state index contributed by atoms with van der Waals surface area (Å²) in [6.07, 6.45) is 3.06. The van der Waals surface area contributed by atoms with Crippen LogP contribution in [0.25, 0.3) is 0 Å². The number of guanidine groups is 1. The maximum absolute atomic E-state index is 14.0. The lowest BCUT2D eigenvalue weighted by Gasteiger charge is -2.28. The lowest BCUT2D eigenvalue weighted by molar-refractivity contribution is -0.150. The number of aliphatic imine (C=N–C) groups is 1. The van der Waals surface area contributed by atoms with Gasteiger partial charge in [-0.2, -0.15) is 0 Å². The Bertz CT molecular complexity index is 1450. The lowest BCUT2D eigenvalue weighted by Crippen LogP contribution is -2.48. The Morgan fingerprint density at radius 2 is 1.48 bits per heavy atom. The number of carboxylic acid groups (broad SMARTS) is 1. The summed E-state index contributed by atoms with van der Waals surface area (Å²) in [7, 11) is 0. The number of ketones is 2. The third kappa shape index (κ3) is 13.0. The Kier molecular flexibility index (Phi) is 16.1. The van der Waals surface area contributed by atoms with Gasteiger partial charge in [-0.25, -0.2) is 4.79 Å². The van der Waals surface area contributed by atoms with Crippen LogP contribution in [0.1, 0.15) is 76.3 Å². The number of hydrogen-bond donors (Lipinski definition) is 5. The van der Waals surface area contributed by atoms with E-state index < -0.39 is 41.8 Å². The molecule has 0 saturated carbocycles. The monoisotopic (exact) mass is 690 g/mol. The Hall–Kier alpha value is -4.58. The van der Waals surface area contributed by atoms with E-state index in [9.17, 15) is 29.1 Å². The average molecular weight is 691 g/mol. The fraction of sp³-hybridized carbons (Fsp3) is 0.526. The second-order valence-corrected chi connectivity index (χ2v) is 13.7. The zero-order chi connectivity index (χ0) is 36.6. The predicted octanol–water partition coefficient (Wildman–Crippen LogP) is 3.00. The molecule has 2 aromatic rings. The molecule has 1 aliphatic heterocycles. The van der Waals surface area contributed by atoms with Gasteiger partial charge in [0, 0.05) is 37.8 Å². The molecule has 0 bridgehead atoms. The van der Waals surface area contributed by atoms with Crippen molar-refractivity contribution in [1.29, 1.82) is 0 Å². The van der Waals surface area contributed by atoms with Gasteiger partial charge in [-0.05, 0) is 62.0 Å². The number of hydrogen-bond acceptors (Lipinski definition) is 7. The van der Waals surface area contributed by atoms with Gasteiger partial charge < -0.3 is 32.5 Å². The van der Waals surface area contributed by atoms with Gasteiger partial charge in [0.05, 0.1) is 12.1 Å². The number of carbonyl (C=O) groups is 5. The summed E-state index contributed by atoms with van der Waals surface area (Å²) in [6, 6.07) is 16.2. The minimum atomic E-state index is -1.07. The predicted molar refractivity (Wildman–Crippen MR) is 193 cm³/mol. The number of nitrogens with two attached hydrogens (primary N) is 3. The maximum atomic E-state index is 14.0. The lowest BCUT2D eigenvalue weighted by atomic mass is 9.87. The normalized spacial score (nSPS) is 16.6. The van der Waals surface area contributed by atoms with Crippen LogP contribution >= 0.6 is 0 Å². The number of carboxylic acids is 1. The van der Waals surface area contributed by atoms with Crippen LogP contribution in [0.5, 0.6) is 0 Å². The van der Waals surface area contributed by atoms with Crippen molar-refractivity contribution >= 4 is 35.3 Å². The first-order valence-electron chi connectivity index (χ1n) is 17.6. The summed E-state index contributed by atoms with van der Waals surface area (Å²) >= 11 is 0. The fourth-order valence-electron chi connectivity index (χ4n) is 6.49. The first kappa shape index (κ1) is 39.9. The van der Waals surface area contributed by atoms with Crippen LogP contribution < -0.4 is 22.5 Å². The third-order valence-corrected chi connectivity index (χ3v) is 9.14. The molecule has 1 aliphatic rings. The van der Waals surface area contributed by atoms with Crippen LogP contribution in [0.4, 0.5) is 0 Å².